The van der Waals surface area contributed by atoms with Gasteiger partial charge >= 0.3 is 0 Å². The van der Waals surface area contributed by atoms with Crippen LogP contribution in [0.25, 0.3) is 10.2 Å². The number of hydrogen-bond acceptors (Lipinski definition) is 10. The van der Waals surface area contributed by atoms with E-state index in [1.165, 1.54) is 16.0 Å². The van der Waals surface area contributed by atoms with Crippen LogP contribution in [0.15, 0.2) is 45.7 Å². The molecule has 0 bridgehead atoms. The lowest BCUT2D eigenvalue weighted by Crippen LogP contribution is -1.96. The summed E-state index contributed by atoms with van der Waals surface area (Å²) in [5, 5.41) is 9.88. The van der Waals surface area contributed by atoms with Crippen LogP contribution in [0.1, 0.15) is 10.6 Å². The standard InChI is InChI=1S/C20H18N4O3S3/c1-25-14-8-12(9-15(26-2)18(14)27-3)10-21-19-24-23-17(30-19)11-28-20-22-13-6-4-5-7-16(13)29-20/h4-10H,11H2,1-3H3/b21-10+. The second kappa shape index (κ2) is 9.41. The highest BCUT2D eigenvalue weighted by Gasteiger charge is 2.13. The van der Waals surface area contributed by atoms with E-state index in [1.54, 1.807) is 50.6 Å². The molecule has 2 aromatic carbocycles. The molecule has 0 atom stereocenters. The molecule has 0 amide bonds. The minimum absolute atomic E-state index is 0.544. The van der Waals surface area contributed by atoms with Gasteiger partial charge in [0.2, 0.25) is 10.9 Å². The third-order valence-corrected chi connectivity index (χ3v) is 7.27. The van der Waals surface area contributed by atoms with Crippen LogP contribution in [0.5, 0.6) is 17.2 Å². The van der Waals surface area contributed by atoms with Crippen molar-refractivity contribution >= 4 is 56.0 Å². The second-order valence-corrected chi connectivity index (χ2v) is 9.23. The number of methoxy groups -OCH3 is 3. The molecular formula is C20H18N4O3S3. The first-order valence-electron chi connectivity index (χ1n) is 8.85. The number of ether oxygens (including phenoxy) is 3. The summed E-state index contributed by atoms with van der Waals surface area (Å²) in [6, 6.07) is 11.8. The Hall–Kier alpha value is -2.69. The topological polar surface area (TPSA) is 78.7 Å². The van der Waals surface area contributed by atoms with Gasteiger partial charge in [0.15, 0.2) is 15.8 Å². The Labute approximate surface area is 185 Å². The summed E-state index contributed by atoms with van der Waals surface area (Å²) in [6.45, 7) is 0. The molecule has 0 N–H and O–H groups in total. The van der Waals surface area contributed by atoms with Crippen molar-refractivity contribution in [2.24, 2.45) is 4.99 Å². The highest BCUT2D eigenvalue weighted by Crippen LogP contribution is 2.38. The first-order chi connectivity index (χ1) is 14.7. The molecule has 7 nitrogen and oxygen atoms in total. The normalized spacial score (nSPS) is 11.3. The molecule has 10 heteroatoms. The molecule has 0 unspecified atom stereocenters. The van der Waals surface area contributed by atoms with Gasteiger partial charge in [-0.05, 0) is 24.3 Å². The van der Waals surface area contributed by atoms with E-state index in [9.17, 15) is 0 Å². The van der Waals surface area contributed by atoms with Crippen LogP contribution in [-0.4, -0.2) is 42.7 Å². The Morgan fingerprint density at radius 3 is 2.47 bits per heavy atom. The van der Waals surface area contributed by atoms with Crippen LogP contribution in [0.4, 0.5) is 5.13 Å². The van der Waals surface area contributed by atoms with Crippen molar-refractivity contribution in [3.63, 3.8) is 0 Å². The van der Waals surface area contributed by atoms with Crippen LogP contribution in [0.2, 0.25) is 0 Å². The lowest BCUT2D eigenvalue weighted by molar-refractivity contribution is 0.324. The van der Waals surface area contributed by atoms with E-state index in [0.717, 1.165) is 20.4 Å². The van der Waals surface area contributed by atoms with E-state index in [-0.39, 0.29) is 0 Å². The fourth-order valence-corrected chi connectivity index (χ4v) is 5.44. The Morgan fingerprint density at radius 2 is 1.77 bits per heavy atom. The van der Waals surface area contributed by atoms with Crippen molar-refractivity contribution in [2.75, 3.05) is 21.3 Å². The predicted molar refractivity (Wildman–Crippen MR) is 122 cm³/mol. The summed E-state index contributed by atoms with van der Waals surface area (Å²) in [7, 11) is 4.74. The van der Waals surface area contributed by atoms with Gasteiger partial charge in [-0.3, -0.25) is 0 Å². The molecule has 0 fully saturated rings. The highest BCUT2D eigenvalue weighted by molar-refractivity contribution is 8.00. The van der Waals surface area contributed by atoms with Gasteiger partial charge in [0.05, 0.1) is 37.3 Å². The average Bonchev–Trinajstić information content (AvgIpc) is 3.41. The number of thiazole rings is 1. The van der Waals surface area contributed by atoms with Crippen LogP contribution in [0, 0.1) is 0 Å². The second-order valence-electron chi connectivity index (χ2n) is 5.93. The minimum atomic E-state index is 0.544. The largest absolute Gasteiger partial charge is 0.493 e. The molecule has 0 radical (unpaired) electrons. The van der Waals surface area contributed by atoms with E-state index in [4.69, 9.17) is 14.2 Å². The number of benzene rings is 2. The van der Waals surface area contributed by atoms with Gasteiger partial charge in [-0.25, -0.2) is 9.98 Å². The van der Waals surface area contributed by atoms with Gasteiger partial charge in [0.25, 0.3) is 0 Å². The highest BCUT2D eigenvalue weighted by atomic mass is 32.2. The molecule has 4 aromatic rings. The predicted octanol–water partition coefficient (Wildman–Crippen LogP) is 5.22. The quantitative estimate of drug-likeness (QED) is 0.265. The van der Waals surface area contributed by atoms with Gasteiger partial charge in [-0.1, -0.05) is 35.2 Å². The molecule has 0 saturated heterocycles. The van der Waals surface area contributed by atoms with Gasteiger partial charge < -0.3 is 14.2 Å². The fourth-order valence-electron chi connectivity index (χ4n) is 2.70. The minimum Gasteiger partial charge on any atom is -0.493 e. The number of rotatable bonds is 8. The van der Waals surface area contributed by atoms with E-state index in [0.29, 0.717) is 28.1 Å². The van der Waals surface area contributed by atoms with Gasteiger partial charge in [-0.2, -0.15) is 0 Å². The molecule has 2 heterocycles. The molecule has 0 aliphatic heterocycles. The van der Waals surface area contributed by atoms with Crippen molar-refractivity contribution in [3.05, 3.63) is 47.0 Å². The first kappa shape index (κ1) is 20.6. The molecule has 0 saturated carbocycles. The lowest BCUT2D eigenvalue weighted by Gasteiger charge is -2.12. The molecule has 154 valence electrons. The summed E-state index contributed by atoms with van der Waals surface area (Å²) in [6.07, 6.45) is 1.70. The zero-order valence-electron chi connectivity index (χ0n) is 16.5. The number of fused-ring (bicyclic) bond motifs is 1. The maximum absolute atomic E-state index is 5.37. The average molecular weight is 459 g/mol. The van der Waals surface area contributed by atoms with Crippen LogP contribution >= 0.6 is 34.4 Å². The number of nitrogens with zero attached hydrogens (tertiary/aromatic N) is 4. The Bertz CT molecular complexity index is 1130. The number of para-hydroxylation sites is 1. The number of aliphatic imine (C=N–C) groups is 1. The first-order valence-corrected chi connectivity index (χ1v) is 11.5. The molecule has 30 heavy (non-hydrogen) atoms. The molecule has 2 aromatic heterocycles. The summed E-state index contributed by atoms with van der Waals surface area (Å²) >= 11 is 4.80. The fraction of sp³-hybridized carbons (Fsp3) is 0.200. The SMILES string of the molecule is COc1cc(/C=N/c2nnc(CSc3nc4ccccc4s3)s2)cc(OC)c1OC. The van der Waals surface area contributed by atoms with Crippen molar-refractivity contribution < 1.29 is 14.2 Å². The van der Waals surface area contributed by atoms with E-state index >= 15 is 0 Å². The zero-order chi connectivity index (χ0) is 20.9. The Morgan fingerprint density at radius 1 is 1.00 bits per heavy atom. The molecular weight excluding hydrogens is 440 g/mol. The van der Waals surface area contributed by atoms with Gasteiger partial charge in [-0.15, -0.1) is 21.5 Å². The monoisotopic (exact) mass is 458 g/mol. The van der Waals surface area contributed by atoms with E-state index in [2.05, 4.69) is 26.2 Å². The Kier molecular flexibility index (Phi) is 6.46. The van der Waals surface area contributed by atoms with E-state index < -0.39 is 0 Å². The van der Waals surface area contributed by atoms with Gasteiger partial charge in [0.1, 0.15) is 5.01 Å². The molecule has 0 aliphatic rings. The van der Waals surface area contributed by atoms with Gasteiger partial charge in [0, 0.05) is 11.8 Å². The third kappa shape index (κ3) is 4.55. The Balaban J connectivity index is 1.44. The summed E-state index contributed by atoms with van der Waals surface area (Å²) in [4.78, 5) is 9.07. The number of thioether (sulfide) groups is 1. The smallest absolute Gasteiger partial charge is 0.231 e. The summed E-state index contributed by atoms with van der Waals surface area (Å²) < 4.78 is 18.3. The van der Waals surface area contributed by atoms with Crippen molar-refractivity contribution in [1.82, 2.24) is 15.2 Å². The number of aromatic nitrogens is 3. The van der Waals surface area contributed by atoms with Crippen LogP contribution in [0.3, 0.4) is 0 Å². The molecule has 4 rings (SSSR count). The number of hydrogen-bond donors (Lipinski definition) is 0. The zero-order valence-corrected chi connectivity index (χ0v) is 18.9. The molecule has 0 spiro atoms. The summed E-state index contributed by atoms with van der Waals surface area (Å²) in [5.74, 6) is 2.39. The summed E-state index contributed by atoms with van der Waals surface area (Å²) in [5.41, 5.74) is 1.84. The lowest BCUT2D eigenvalue weighted by atomic mass is 10.2. The van der Waals surface area contributed by atoms with Crippen molar-refractivity contribution in [2.45, 2.75) is 10.1 Å². The maximum atomic E-state index is 5.37. The molecule has 0 aliphatic carbocycles. The van der Waals surface area contributed by atoms with Crippen LogP contribution in [-0.2, 0) is 5.75 Å². The van der Waals surface area contributed by atoms with Crippen molar-refractivity contribution in [3.8, 4) is 17.2 Å². The maximum Gasteiger partial charge on any atom is 0.231 e. The van der Waals surface area contributed by atoms with Crippen LogP contribution < -0.4 is 14.2 Å². The third-order valence-electron chi connectivity index (χ3n) is 4.06. The van der Waals surface area contributed by atoms with Crippen molar-refractivity contribution in [1.29, 1.82) is 0 Å². The van der Waals surface area contributed by atoms with E-state index in [1.807, 2.05) is 30.3 Å².